The molecule has 0 heterocycles. The SMILES string of the molecule is OC(CCC1CC1)C1CCCc2ccccc21. The van der Waals surface area contributed by atoms with Gasteiger partial charge in [0.05, 0.1) is 6.10 Å². The fraction of sp³-hybridized carbons (Fsp3) is 0.625. The average Bonchev–Trinajstić information content (AvgIpc) is 3.19. The zero-order valence-corrected chi connectivity index (χ0v) is 10.4. The molecule has 2 atom stereocenters. The third kappa shape index (κ3) is 2.55. The van der Waals surface area contributed by atoms with Crippen molar-refractivity contribution in [2.24, 2.45) is 5.92 Å². The summed E-state index contributed by atoms with van der Waals surface area (Å²) in [6, 6.07) is 8.69. The number of fused-ring (bicyclic) bond motifs is 1. The Morgan fingerprint density at radius 1 is 1.18 bits per heavy atom. The molecule has 0 spiro atoms. The van der Waals surface area contributed by atoms with Crippen molar-refractivity contribution >= 4 is 0 Å². The molecular weight excluding hydrogens is 208 g/mol. The van der Waals surface area contributed by atoms with Crippen LogP contribution in [0.25, 0.3) is 0 Å². The number of aliphatic hydroxyl groups excluding tert-OH is 1. The van der Waals surface area contributed by atoms with Crippen LogP contribution in [0.5, 0.6) is 0 Å². The highest BCUT2D eigenvalue weighted by atomic mass is 16.3. The molecule has 2 aliphatic carbocycles. The summed E-state index contributed by atoms with van der Waals surface area (Å²) in [4.78, 5) is 0. The summed E-state index contributed by atoms with van der Waals surface area (Å²) in [6.07, 6.45) is 8.52. The van der Waals surface area contributed by atoms with E-state index in [0.717, 1.165) is 12.3 Å². The maximum atomic E-state index is 10.4. The maximum absolute atomic E-state index is 10.4. The molecule has 3 rings (SSSR count). The number of hydrogen-bond acceptors (Lipinski definition) is 1. The number of aryl methyl sites for hydroxylation is 1. The Kier molecular flexibility index (Phi) is 3.19. The van der Waals surface area contributed by atoms with Gasteiger partial charge in [0, 0.05) is 5.92 Å². The number of benzene rings is 1. The summed E-state index contributed by atoms with van der Waals surface area (Å²) in [5.74, 6) is 1.34. The van der Waals surface area contributed by atoms with Gasteiger partial charge in [-0.15, -0.1) is 0 Å². The topological polar surface area (TPSA) is 20.2 Å². The van der Waals surface area contributed by atoms with Crippen molar-refractivity contribution in [1.29, 1.82) is 0 Å². The highest BCUT2D eigenvalue weighted by Crippen LogP contribution is 2.38. The molecule has 1 fully saturated rings. The first-order valence-electron chi connectivity index (χ1n) is 7.10. The summed E-state index contributed by atoms with van der Waals surface area (Å²) in [5, 5.41) is 10.4. The normalized spacial score (nSPS) is 25.4. The Morgan fingerprint density at radius 2 is 2.00 bits per heavy atom. The lowest BCUT2D eigenvalue weighted by Gasteiger charge is -2.29. The fourth-order valence-corrected chi connectivity index (χ4v) is 3.21. The summed E-state index contributed by atoms with van der Waals surface area (Å²) in [6.45, 7) is 0. The van der Waals surface area contributed by atoms with Crippen LogP contribution in [0.2, 0.25) is 0 Å². The molecule has 0 saturated heterocycles. The maximum Gasteiger partial charge on any atom is 0.0608 e. The smallest absolute Gasteiger partial charge is 0.0608 e. The van der Waals surface area contributed by atoms with E-state index in [1.54, 1.807) is 0 Å². The zero-order valence-electron chi connectivity index (χ0n) is 10.4. The Bertz CT molecular complexity index is 381. The van der Waals surface area contributed by atoms with E-state index in [1.807, 2.05) is 0 Å². The van der Waals surface area contributed by atoms with Crippen LogP contribution in [0.1, 0.15) is 55.6 Å². The lowest BCUT2D eigenvalue weighted by molar-refractivity contribution is 0.121. The van der Waals surface area contributed by atoms with Gasteiger partial charge in [-0.05, 0) is 49.1 Å². The van der Waals surface area contributed by atoms with Gasteiger partial charge in [0.25, 0.3) is 0 Å². The lowest BCUT2D eigenvalue weighted by Crippen LogP contribution is -2.23. The van der Waals surface area contributed by atoms with Crippen molar-refractivity contribution in [2.45, 2.75) is 57.0 Å². The van der Waals surface area contributed by atoms with Crippen LogP contribution < -0.4 is 0 Å². The van der Waals surface area contributed by atoms with Crippen LogP contribution in [0.3, 0.4) is 0 Å². The van der Waals surface area contributed by atoms with Crippen molar-refractivity contribution in [3.63, 3.8) is 0 Å². The van der Waals surface area contributed by atoms with Gasteiger partial charge in [0.15, 0.2) is 0 Å². The van der Waals surface area contributed by atoms with E-state index in [9.17, 15) is 5.11 Å². The fourth-order valence-electron chi connectivity index (χ4n) is 3.21. The van der Waals surface area contributed by atoms with Crippen molar-refractivity contribution < 1.29 is 5.11 Å². The van der Waals surface area contributed by atoms with Gasteiger partial charge in [0.1, 0.15) is 0 Å². The van der Waals surface area contributed by atoms with E-state index >= 15 is 0 Å². The second kappa shape index (κ2) is 4.81. The van der Waals surface area contributed by atoms with E-state index in [-0.39, 0.29) is 6.10 Å². The van der Waals surface area contributed by atoms with E-state index in [4.69, 9.17) is 0 Å². The predicted octanol–water partition coefficient (Wildman–Crippen LogP) is 3.66. The Hall–Kier alpha value is -0.820. The molecule has 0 aliphatic heterocycles. The molecule has 0 radical (unpaired) electrons. The largest absolute Gasteiger partial charge is 0.392 e. The number of rotatable bonds is 4. The van der Waals surface area contributed by atoms with E-state index in [2.05, 4.69) is 24.3 Å². The molecule has 1 N–H and O–H groups in total. The molecule has 1 aromatic carbocycles. The minimum absolute atomic E-state index is 0.114. The van der Waals surface area contributed by atoms with Gasteiger partial charge >= 0.3 is 0 Å². The average molecular weight is 230 g/mol. The van der Waals surface area contributed by atoms with Crippen LogP contribution in [0.15, 0.2) is 24.3 Å². The molecule has 1 nitrogen and oxygen atoms in total. The molecule has 92 valence electrons. The summed E-state index contributed by atoms with van der Waals surface area (Å²) in [5.41, 5.74) is 2.89. The first kappa shape index (κ1) is 11.3. The first-order chi connectivity index (χ1) is 8.34. The summed E-state index contributed by atoms with van der Waals surface area (Å²) >= 11 is 0. The molecule has 0 bridgehead atoms. The van der Waals surface area contributed by atoms with Crippen molar-refractivity contribution in [3.05, 3.63) is 35.4 Å². The molecule has 2 aliphatic rings. The second-order valence-electron chi connectivity index (χ2n) is 5.79. The van der Waals surface area contributed by atoms with Gasteiger partial charge in [-0.1, -0.05) is 37.1 Å². The highest BCUT2D eigenvalue weighted by Gasteiger charge is 2.28. The minimum Gasteiger partial charge on any atom is -0.392 e. The zero-order chi connectivity index (χ0) is 11.7. The molecule has 0 amide bonds. The number of aliphatic hydroxyl groups is 1. The Balaban J connectivity index is 1.69. The van der Waals surface area contributed by atoms with E-state index in [0.29, 0.717) is 5.92 Å². The van der Waals surface area contributed by atoms with E-state index < -0.39 is 0 Å². The van der Waals surface area contributed by atoms with Crippen LogP contribution in [0.4, 0.5) is 0 Å². The Labute approximate surface area is 104 Å². The lowest BCUT2D eigenvalue weighted by atomic mass is 9.78. The van der Waals surface area contributed by atoms with Crippen LogP contribution in [-0.2, 0) is 6.42 Å². The molecule has 0 aromatic heterocycles. The second-order valence-corrected chi connectivity index (χ2v) is 5.79. The quantitative estimate of drug-likeness (QED) is 0.837. The van der Waals surface area contributed by atoms with Gasteiger partial charge in [0.2, 0.25) is 0 Å². The first-order valence-corrected chi connectivity index (χ1v) is 7.10. The van der Waals surface area contributed by atoms with Gasteiger partial charge < -0.3 is 5.11 Å². The highest BCUT2D eigenvalue weighted by molar-refractivity contribution is 5.33. The van der Waals surface area contributed by atoms with Crippen LogP contribution in [0, 0.1) is 5.92 Å². The third-order valence-corrected chi connectivity index (χ3v) is 4.45. The standard InChI is InChI=1S/C16H22O/c17-16(11-10-12-8-9-12)15-7-3-5-13-4-1-2-6-14(13)15/h1-2,4,6,12,15-17H,3,5,7-11H2. The summed E-state index contributed by atoms with van der Waals surface area (Å²) in [7, 11) is 0. The molecule has 1 aromatic rings. The third-order valence-electron chi connectivity index (χ3n) is 4.45. The molecule has 1 saturated carbocycles. The summed E-state index contributed by atoms with van der Waals surface area (Å²) < 4.78 is 0. The van der Waals surface area contributed by atoms with E-state index in [1.165, 1.54) is 49.7 Å². The molecule has 17 heavy (non-hydrogen) atoms. The van der Waals surface area contributed by atoms with Gasteiger partial charge in [-0.3, -0.25) is 0 Å². The van der Waals surface area contributed by atoms with Crippen LogP contribution in [-0.4, -0.2) is 11.2 Å². The molecule has 1 heteroatoms. The van der Waals surface area contributed by atoms with Crippen molar-refractivity contribution in [1.82, 2.24) is 0 Å². The monoisotopic (exact) mass is 230 g/mol. The van der Waals surface area contributed by atoms with Crippen LogP contribution >= 0.6 is 0 Å². The molecule has 2 unspecified atom stereocenters. The molecular formula is C16H22O. The van der Waals surface area contributed by atoms with Gasteiger partial charge in [-0.2, -0.15) is 0 Å². The van der Waals surface area contributed by atoms with Gasteiger partial charge in [-0.25, -0.2) is 0 Å². The van der Waals surface area contributed by atoms with Crippen molar-refractivity contribution in [3.8, 4) is 0 Å². The number of hydrogen-bond donors (Lipinski definition) is 1. The van der Waals surface area contributed by atoms with Crippen molar-refractivity contribution in [2.75, 3.05) is 0 Å². The Morgan fingerprint density at radius 3 is 2.82 bits per heavy atom. The minimum atomic E-state index is -0.114. The predicted molar refractivity (Wildman–Crippen MR) is 70.1 cm³/mol.